The van der Waals surface area contributed by atoms with E-state index in [0.29, 0.717) is 0 Å². The van der Waals surface area contributed by atoms with Gasteiger partial charge in [0.1, 0.15) is 11.9 Å². The maximum atomic E-state index is 6.03. The predicted molar refractivity (Wildman–Crippen MR) is 70.2 cm³/mol. The topological polar surface area (TPSA) is 18.5 Å². The number of benzene rings is 1. The highest BCUT2D eigenvalue weighted by Gasteiger charge is 2.26. The standard InChI is InChI=1S/C15H20O2/c1-3-12-7-6-8-13(11-12)17-15-10-5-4-9-14(15)16-2/h3,6-8,11,14-15H,1,4-5,9-10H2,2H3. The van der Waals surface area contributed by atoms with E-state index in [4.69, 9.17) is 9.47 Å². The van der Waals surface area contributed by atoms with Gasteiger partial charge in [-0.1, -0.05) is 31.2 Å². The minimum atomic E-state index is 0.189. The SMILES string of the molecule is C=Cc1cccc(OC2CCCCC2OC)c1. The second kappa shape index (κ2) is 5.87. The summed E-state index contributed by atoms with van der Waals surface area (Å²) in [5.74, 6) is 0.913. The number of ether oxygens (including phenoxy) is 2. The van der Waals surface area contributed by atoms with E-state index in [1.165, 1.54) is 12.8 Å². The van der Waals surface area contributed by atoms with Crippen LogP contribution in [-0.4, -0.2) is 19.3 Å². The molecule has 2 unspecified atom stereocenters. The van der Waals surface area contributed by atoms with E-state index in [-0.39, 0.29) is 12.2 Å². The summed E-state index contributed by atoms with van der Waals surface area (Å²) in [4.78, 5) is 0. The summed E-state index contributed by atoms with van der Waals surface area (Å²) in [5, 5.41) is 0. The fourth-order valence-corrected chi connectivity index (χ4v) is 2.36. The van der Waals surface area contributed by atoms with Crippen molar-refractivity contribution in [2.24, 2.45) is 0 Å². The molecule has 0 spiro atoms. The van der Waals surface area contributed by atoms with Gasteiger partial charge in [-0.15, -0.1) is 0 Å². The van der Waals surface area contributed by atoms with Gasteiger partial charge in [0.25, 0.3) is 0 Å². The van der Waals surface area contributed by atoms with Crippen LogP contribution >= 0.6 is 0 Å². The number of hydrogen-bond acceptors (Lipinski definition) is 2. The summed E-state index contributed by atoms with van der Waals surface area (Å²) in [6, 6.07) is 8.04. The molecule has 2 atom stereocenters. The molecule has 1 aliphatic carbocycles. The van der Waals surface area contributed by atoms with Crippen LogP contribution in [0.15, 0.2) is 30.8 Å². The molecule has 2 rings (SSSR count). The molecular formula is C15H20O2. The van der Waals surface area contributed by atoms with Crippen LogP contribution < -0.4 is 4.74 Å². The van der Waals surface area contributed by atoms with Crippen LogP contribution in [0.5, 0.6) is 5.75 Å². The zero-order valence-corrected chi connectivity index (χ0v) is 10.4. The van der Waals surface area contributed by atoms with Gasteiger partial charge in [-0.3, -0.25) is 0 Å². The van der Waals surface area contributed by atoms with E-state index in [1.54, 1.807) is 7.11 Å². The van der Waals surface area contributed by atoms with Crippen molar-refractivity contribution in [3.05, 3.63) is 36.4 Å². The summed E-state index contributed by atoms with van der Waals surface area (Å²) in [6.07, 6.45) is 6.90. The first-order chi connectivity index (χ1) is 8.33. The van der Waals surface area contributed by atoms with Gasteiger partial charge in [0.2, 0.25) is 0 Å². The Kier molecular flexibility index (Phi) is 4.21. The number of rotatable bonds is 4. The Hall–Kier alpha value is -1.28. The molecule has 2 nitrogen and oxygen atoms in total. The molecule has 0 aromatic heterocycles. The van der Waals surface area contributed by atoms with Crippen LogP contribution in [0.1, 0.15) is 31.2 Å². The van der Waals surface area contributed by atoms with Crippen molar-refractivity contribution >= 4 is 6.08 Å². The quantitative estimate of drug-likeness (QED) is 0.788. The first-order valence-electron chi connectivity index (χ1n) is 6.25. The lowest BCUT2D eigenvalue weighted by Gasteiger charge is -2.30. The Bertz CT molecular complexity index is 373. The highest BCUT2D eigenvalue weighted by Crippen LogP contribution is 2.26. The Balaban J connectivity index is 2.05. The summed E-state index contributed by atoms with van der Waals surface area (Å²) < 4.78 is 11.5. The molecule has 0 radical (unpaired) electrons. The lowest BCUT2D eigenvalue weighted by atomic mass is 9.94. The highest BCUT2D eigenvalue weighted by molar-refractivity contribution is 5.49. The van der Waals surface area contributed by atoms with Gasteiger partial charge >= 0.3 is 0 Å². The van der Waals surface area contributed by atoms with E-state index in [1.807, 2.05) is 30.3 Å². The van der Waals surface area contributed by atoms with E-state index in [9.17, 15) is 0 Å². The molecule has 17 heavy (non-hydrogen) atoms. The summed E-state index contributed by atoms with van der Waals surface area (Å²) >= 11 is 0. The van der Waals surface area contributed by atoms with Crippen LogP contribution in [0.25, 0.3) is 6.08 Å². The zero-order chi connectivity index (χ0) is 12.1. The Morgan fingerprint density at radius 1 is 1.24 bits per heavy atom. The molecule has 0 saturated heterocycles. The van der Waals surface area contributed by atoms with Crippen LogP contribution in [-0.2, 0) is 4.74 Å². The molecule has 1 aromatic carbocycles. The van der Waals surface area contributed by atoms with Gasteiger partial charge in [-0.2, -0.15) is 0 Å². The third-order valence-electron chi connectivity index (χ3n) is 3.33. The smallest absolute Gasteiger partial charge is 0.125 e. The predicted octanol–water partition coefficient (Wildman–Crippen LogP) is 3.67. The van der Waals surface area contributed by atoms with Crippen LogP contribution in [0.3, 0.4) is 0 Å². The molecule has 0 amide bonds. The van der Waals surface area contributed by atoms with E-state index in [2.05, 4.69) is 6.58 Å². The number of hydrogen-bond donors (Lipinski definition) is 0. The van der Waals surface area contributed by atoms with Gasteiger partial charge in [-0.05, 0) is 37.0 Å². The zero-order valence-electron chi connectivity index (χ0n) is 10.4. The van der Waals surface area contributed by atoms with Crippen LogP contribution in [0, 0.1) is 0 Å². The van der Waals surface area contributed by atoms with E-state index < -0.39 is 0 Å². The van der Waals surface area contributed by atoms with E-state index >= 15 is 0 Å². The second-order valence-electron chi connectivity index (χ2n) is 4.49. The molecule has 92 valence electrons. The summed E-state index contributed by atoms with van der Waals surface area (Å²) in [7, 11) is 1.77. The maximum Gasteiger partial charge on any atom is 0.125 e. The van der Waals surface area contributed by atoms with Crippen molar-refractivity contribution in [2.75, 3.05) is 7.11 Å². The molecule has 0 bridgehead atoms. The lowest BCUT2D eigenvalue weighted by Crippen LogP contribution is -2.36. The molecule has 1 aliphatic rings. The summed E-state index contributed by atoms with van der Waals surface area (Å²) in [5.41, 5.74) is 1.09. The fourth-order valence-electron chi connectivity index (χ4n) is 2.36. The van der Waals surface area contributed by atoms with Crippen molar-refractivity contribution in [3.8, 4) is 5.75 Å². The van der Waals surface area contributed by atoms with Gasteiger partial charge < -0.3 is 9.47 Å². The summed E-state index contributed by atoms with van der Waals surface area (Å²) in [6.45, 7) is 3.77. The molecule has 1 saturated carbocycles. The van der Waals surface area contributed by atoms with Gasteiger partial charge in [0, 0.05) is 7.11 Å². The third kappa shape index (κ3) is 3.10. The largest absolute Gasteiger partial charge is 0.488 e. The first-order valence-corrected chi connectivity index (χ1v) is 6.25. The minimum Gasteiger partial charge on any atom is -0.488 e. The monoisotopic (exact) mass is 232 g/mol. The van der Waals surface area contributed by atoms with Crippen LogP contribution in [0.4, 0.5) is 0 Å². The Labute approximate surface area is 103 Å². The normalized spacial score (nSPS) is 24.3. The van der Waals surface area contributed by atoms with E-state index in [0.717, 1.165) is 24.2 Å². The minimum absolute atomic E-state index is 0.189. The second-order valence-corrected chi connectivity index (χ2v) is 4.49. The molecule has 1 fully saturated rings. The molecule has 1 aromatic rings. The number of methoxy groups -OCH3 is 1. The molecule has 0 heterocycles. The maximum absolute atomic E-state index is 6.03. The van der Waals surface area contributed by atoms with Crippen LogP contribution in [0.2, 0.25) is 0 Å². The molecule has 0 aliphatic heterocycles. The molecular weight excluding hydrogens is 212 g/mol. The fraction of sp³-hybridized carbons (Fsp3) is 0.467. The first kappa shape index (κ1) is 12.2. The Morgan fingerprint density at radius 3 is 2.71 bits per heavy atom. The molecule has 0 N–H and O–H groups in total. The van der Waals surface area contributed by atoms with Gasteiger partial charge in [0.15, 0.2) is 0 Å². The van der Waals surface area contributed by atoms with Crippen molar-refractivity contribution < 1.29 is 9.47 Å². The van der Waals surface area contributed by atoms with Crippen molar-refractivity contribution in [1.82, 2.24) is 0 Å². The van der Waals surface area contributed by atoms with Gasteiger partial charge in [0.05, 0.1) is 6.10 Å². The van der Waals surface area contributed by atoms with Crippen molar-refractivity contribution in [3.63, 3.8) is 0 Å². The van der Waals surface area contributed by atoms with Crippen molar-refractivity contribution in [2.45, 2.75) is 37.9 Å². The third-order valence-corrected chi connectivity index (χ3v) is 3.33. The molecule has 2 heteroatoms. The average molecular weight is 232 g/mol. The lowest BCUT2D eigenvalue weighted by molar-refractivity contribution is -0.0229. The average Bonchev–Trinajstić information content (AvgIpc) is 2.39. The van der Waals surface area contributed by atoms with Crippen molar-refractivity contribution in [1.29, 1.82) is 0 Å². The highest BCUT2D eigenvalue weighted by atomic mass is 16.5. The van der Waals surface area contributed by atoms with Gasteiger partial charge in [-0.25, -0.2) is 0 Å². The Morgan fingerprint density at radius 2 is 2.00 bits per heavy atom.